The summed E-state index contributed by atoms with van der Waals surface area (Å²) in [6, 6.07) is 8.36. The van der Waals surface area contributed by atoms with Gasteiger partial charge in [0.05, 0.1) is 9.95 Å². The first-order valence-electron chi connectivity index (χ1n) is 5.12. The van der Waals surface area contributed by atoms with Crippen LogP contribution in [-0.2, 0) is 0 Å². The summed E-state index contributed by atoms with van der Waals surface area (Å²) in [6.45, 7) is 0. The van der Waals surface area contributed by atoms with Crippen LogP contribution in [0.4, 0.5) is 11.4 Å². The lowest BCUT2D eigenvalue weighted by atomic mass is 10.0. The summed E-state index contributed by atoms with van der Waals surface area (Å²) < 4.78 is 5.05. The van der Waals surface area contributed by atoms with Crippen LogP contribution in [0.2, 0.25) is 5.02 Å². The van der Waals surface area contributed by atoms with Crippen molar-refractivity contribution in [1.29, 1.82) is 0 Å². The molecule has 2 aromatic rings. The zero-order valence-electron chi connectivity index (χ0n) is 9.01. The number of anilines is 1. The SMILES string of the molecule is Nc1ccc(-c2cc([N+](=O)[O-])c3c(c2Cl)O3)cc1. The van der Waals surface area contributed by atoms with E-state index in [1.54, 1.807) is 24.3 Å². The Morgan fingerprint density at radius 2 is 1.89 bits per heavy atom. The normalized spacial score (nSPS) is 11.6. The van der Waals surface area contributed by atoms with E-state index in [0.717, 1.165) is 5.56 Å². The molecule has 0 saturated carbocycles. The van der Waals surface area contributed by atoms with E-state index in [4.69, 9.17) is 22.1 Å². The summed E-state index contributed by atoms with van der Waals surface area (Å²) >= 11 is 6.12. The molecule has 6 heteroatoms. The third-order valence-electron chi connectivity index (χ3n) is 2.74. The van der Waals surface area contributed by atoms with E-state index < -0.39 is 4.92 Å². The van der Waals surface area contributed by atoms with Crippen LogP contribution in [0.15, 0.2) is 30.3 Å². The Kier molecular flexibility index (Phi) is 2.18. The Labute approximate surface area is 107 Å². The number of ether oxygens (including phenoxy) is 1. The fraction of sp³-hybridized carbons (Fsp3) is 0. The van der Waals surface area contributed by atoms with Gasteiger partial charge in [0.15, 0.2) is 5.75 Å². The third-order valence-corrected chi connectivity index (χ3v) is 3.11. The first-order valence-corrected chi connectivity index (χ1v) is 5.50. The molecule has 0 radical (unpaired) electrons. The molecule has 0 bridgehead atoms. The zero-order chi connectivity index (χ0) is 12.9. The van der Waals surface area contributed by atoms with E-state index in [9.17, 15) is 10.1 Å². The number of benzene rings is 2. The van der Waals surface area contributed by atoms with Gasteiger partial charge < -0.3 is 10.5 Å². The van der Waals surface area contributed by atoms with Crippen molar-refractivity contribution in [3.63, 3.8) is 0 Å². The largest absolute Gasteiger partial charge is 0.440 e. The summed E-state index contributed by atoms with van der Waals surface area (Å²) in [5.41, 5.74) is 7.47. The van der Waals surface area contributed by atoms with Gasteiger partial charge in [-0.05, 0) is 17.7 Å². The Balaban J connectivity index is 2.18. The molecule has 0 unspecified atom stereocenters. The van der Waals surface area contributed by atoms with Crippen molar-refractivity contribution >= 4 is 23.0 Å². The monoisotopic (exact) mass is 262 g/mol. The molecule has 90 valence electrons. The van der Waals surface area contributed by atoms with Crippen LogP contribution in [0.1, 0.15) is 0 Å². The van der Waals surface area contributed by atoms with Crippen LogP contribution in [0, 0.1) is 10.1 Å². The second-order valence-electron chi connectivity index (χ2n) is 3.90. The topological polar surface area (TPSA) is 81.7 Å². The van der Waals surface area contributed by atoms with Crippen LogP contribution in [0.3, 0.4) is 0 Å². The minimum Gasteiger partial charge on any atom is -0.440 e. The molecule has 1 aliphatic rings. The molecule has 3 rings (SSSR count). The molecule has 1 heterocycles. The Morgan fingerprint density at radius 3 is 2.50 bits per heavy atom. The highest BCUT2D eigenvalue weighted by molar-refractivity contribution is 6.36. The average Bonchev–Trinajstić information content (AvgIpc) is 3.11. The number of nitro benzene ring substituents is 1. The first-order chi connectivity index (χ1) is 8.58. The van der Waals surface area contributed by atoms with E-state index in [2.05, 4.69) is 0 Å². The van der Waals surface area contributed by atoms with Crippen molar-refractivity contribution in [1.82, 2.24) is 0 Å². The molecule has 1 aliphatic heterocycles. The smallest absolute Gasteiger partial charge is 0.316 e. The predicted molar refractivity (Wildman–Crippen MR) is 68.0 cm³/mol. The number of nitrogens with two attached hydrogens (primary N) is 1. The zero-order valence-corrected chi connectivity index (χ0v) is 9.77. The van der Waals surface area contributed by atoms with Crippen LogP contribution < -0.4 is 10.5 Å². The molecule has 0 aliphatic carbocycles. The molecule has 0 spiro atoms. The Hall–Kier alpha value is -2.27. The molecular formula is C12H7ClN2O3. The number of nitro groups is 1. The summed E-state index contributed by atoms with van der Waals surface area (Å²) in [7, 11) is 0. The maximum absolute atomic E-state index is 10.9. The number of nitrogens with zero attached hydrogens (tertiary/aromatic N) is 1. The second-order valence-corrected chi connectivity index (χ2v) is 4.27. The summed E-state index contributed by atoms with van der Waals surface area (Å²) in [6.07, 6.45) is 0. The van der Waals surface area contributed by atoms with Gasteiger partial charge in [0.2, 0.25) is 5.75 Å². The van der Waals surface area contributed by atoms with Crippen LogP contribution in [-0.4, -0.2) is 4.92 Å². The van der Waals surface area contributed by atoms with Crippen LogP contribution >= 0.6 is 11.6 Å². The maximum atomic E-state index is 10.9. The van der Waals surface area contributed by atoms with Gasteiger partial charge >= 0.3 is 5.69 Å². The highest BCUT2D eigenvalue weighted by Crippen LogP contribution is 2.59. The van der Waals surface area contributed by atoms with Crippen molar-refractivity contribution in [2.45, 2.75) is 0 Å². The Bertz CT molecular complexity index is 668. The highest BCUT2D eigenvalue weighted by atomic mass is 35.5. The van der Waals surface area contributed by atoms with Crippen molar-refractivity contribution in [2.24, 2.45) is 0 Å². The molecule has 5 nitrogen and oxygen atoms in total. The third kappa shape index (κ3) is 1.56. The standard InChI is InChI=1S/C12H7ClN2O3/c13-10-8(6-1-3-7(14)4-2-6)5-9(15(16)17)11-12(10)18-11/h1-5H,14H2. The molecule has 0 saturated heterocycles. The molecule has 2 N–H and O–H groups in total. The van der Waals surface area contributed by atoms with E-state index in [0.29, 0.717) is 22.0 Å². The number of halogens is 1. The lowest BCUT2D eigenvalue weighted by Crippen LogP contribution is -1.87. The van der Waals surface area contributed by atoms with Crippen LogP contribution in [0.5, 0.6) is 11.5 Å². The summed E-state index contributed by atoms with van der Waals surface area (Å²) in [4.78, 5) is 10.4. The number of hydrogen-bond donors (Lipinski definition) is 1. The highest BCUT2D eigenvalue weighted by Gasteiger charge is 2.37. The van der Waals surface area contributed by atoms with E-state index in [1.807, 2.05) is 0 Å². The fourth-order valence-corrected chi connectivity index (χ4v) is 2.07. The molecule has 2 aromatic carbocycles. The fourth-order valence-electron chi connectivity index (χ4n) is 1.79. The number of rotatable bonds is 2. The molecule has 0 fully saturated rings. The molecule has 0 amide bonds. The lowest BCUT2D eigenvalue weighted by Gasteiger charge is -2.02. The summed E-state index contributed by atoms with van der Waals surface area (Å²) in [5.74, 6) is 0.641. The summed E-state index contributed by atoms with van der Waals surface area (Å²) in [5, 5.41) is 11.3. The van der Waals surface area contributed by atoms with Gasteiger partial charge in [0, 0.05) is 17.3 Å². The number of hydrogen-bond acceptors (Lipinski definition) is 4. The van der Waals surface area contributed by atoms with Crippen molar-refractivity contribution in [3.8, 4) is 22.6 Å². The maximum Gasteiger partial charge on any atom is 0.316 e. The van der Waals surface area contributed by atoms with E-state index >= 15 is 0 Å². The van der Waals surface area contributed by atoms with Gasteiger partial charge in [-0.3, -0.25) is 10.1 Å². The second kappa shape index (κ2) is 3.61. The number of fused-ring (bicyclic) bond motifs is 1. The van der Waals surface area contributed by atoms with Crippen LogP contribution in [0.25, 0.3) is 11.1 Å². The minimum absolute atomic E-state index is 0.0683. The van der Waals surface area contributed by atoms with E-state index in [1.165, 1.54) is 6.07 Å². The van der Waals surface area contributed by atoms with Gasteiger partial charge in [-0.15, -0.1) is 0 Å². The quantitative estimate of drug-likeness (QED) is 0.331. The first kappa shape index (κ1) is 10.9. The van der Waals surface area contributed by atoms with Gasteiger partial charge in [-0.25, -0.2) is 0 Å². The molecular weight excluding hydrogens is 256 g/mol. The van der Waals surface area contributed by atoms with E-state index in [-0.39, 0.29) is 11.4 Å². The number of nitrogen functional groups attached to an aromatic ring is 1. The van der Waals surface area contributed by atoms with Crippen molar-refractivity contribution in [2.75, 3.05) is 5.73 Å². The lowest BCUT2D eigenvalue weighted by molar-refractivity contribution is -0.384. The van der Waals surface area contributed by atoms with Crippen molar-refractivity contribution < 1.29 is 9.66 Å². The predicted octanol–water partition coefficient (Wildman–Crippen LogP) is 3.60. The van der Waals surface area contributed by atoms with Gasteiger partial charge in [0.1, 0.15) is 0 Å². The molecule has 0 atom stereocenters. The Morgan fingerprint density at radius 1 is 1.22 bits per heavy atom. The van der Waals surface area contributed by atoms with Gasteiger partial charge in [0.25, 0.3) is 0 Å². The van der Waals surface area contributed by atoms with Crippen molar-refractivity contribution in [3.05, 3.63) is 45.5 Å². The molecule has 0 aromatic heterocycles. The van der Waals surface area contributed by atoms with Gasteiger partial charge in [-0.2, -0.15) is 0 Å². The van der Waals surface area contributed by atoms with Gasteiger partial charge in [-0.1, -0.05) is 23.7 Å². The minimum atomic E-state index is -0.483. The average molecular weight is 263 g/mol. The molecule has 18 heavy (non-hydrogen) atoms.